The van der Waals surface area contributed by atoms with Crippen LogP contribution in [0, 0.1) is 6.92 Å². The molecule has 2 aromatic rings. The Labute approximate surface area is 123 Å². The fourth-order valence-electron chi connectivity index (χ4n) is 2.79. The van der Waals surface area contributed by atoms with E-state index in [0.29, 0.717) is 6.54 Å². The SMILES string of the molecule is Cc1ccc2c(c1)nc(CN1CCNCC1)n2CC(=O)O. The van der Waals surface area contributed by atoms with Gasteiger partial charge in [-0.2, -0.15) is 0 Å². The molecule has 0 bridgehead atoms. The minimum absolute atomic E-state index is 0.0407. The molecule has 0 atom stereocenters. The predicted molar refractivity (Wildman–Crippen MR) is 80.3 cm³/mol. The number of rotatable bonds is 4. The van der Waals surface area contributed by atoms with E-state index in [4.69, 9.17) is 5.11 Å². The van der Waals surface area contributed by atoms with Crippen LogP contribution in [-0.2, 0) is 17.9 Å². The lowest BCUT2D eigenvalue weighted by Gasteiger charge is -2.26. The zero-order chi connectivity index (χ0) is 14.8. The highest BCUT2D eigenvalue weighted by atomic mass is 16.4. The average Bonchev–Trinajstić information content (AvgIpc) is 2.76. The van der Waals surface area contributed by atoms with Crippen LogP contribution in [0.4, 0.5) is 0 Å². The summed E-state index contributed by atoms with van der Waals surface area (Å²) in [7, 11) is 0. The van der Waals surface area contributed by atoms with Gasteiger partial charge in [0.15, 0.2) is 0 Å². The van der Waals surface area contributed by atoms with Crippen LogP contribution in [0.2, 0.25) is 0 Å². The molecule has 0 saturated carbocycles. The molecule has 2 N–H and O–H groups in total. The molecule has 1 aromatic heterocycles. The van der Waals surface area contributed by atoms with Gasteiger partial charge >= 0.3 is 5.97 Å². The summed E-state index contributed by atoms with van der Waals surface area (Å²) in [4.78, 5) is 18.1. The summed E-state index contributed by atoms with van der Waals surface area (Å²) >= 11 is 0. The molecule has 0 unspecified atom stereocenters. The minimum atomic E-state index is -0.837. The second kappa shape index (κ2) is 5.83. The molecule has 6 heteroatoms. The van der Waals surface area contributed by atoms with Crippen molar-refractivity contribution in [2.24, 2.45) is 0 Å². The fraction of sp³-hybridized carbons (Fsp3) is 0.467. The lowest BCUT2D eigenvalue weighted by molar-refractivity contribution is -0.137. The number of hydrogen-bond acceptors (Lipinski definition) is 4. The smallest absolute Gasteiger partial charge is 0.323 e. The summed E-state index contributed by atoms with van der Waals surface area (Å²) in [5, 5.41) is 12.5. The summed E-state index contributed by atoms with van der Waals surface area (Å²) in [6.45, 7) is 6.55. The molecule has 0 spiro atoms. The molecule has 21 heavy (non-hydrogen) atoms. The Kier molecular flexibility index (Phi) is 3.90. The molecule has 0 amide bonds. The summed E-state index contributed by atoms with van der Waals surface area (Å²) in [5.74, 6) is -0.00339. The molecule has 2 heterocycles. The molecular weight excluding hydrogens is 268 g/mol. The normalized spacial score (nSPS) is 16.4. The second-order valence-electron chi connectivity index (χ2n) is 5.53. The highest BCUT2D eigenvalue weighted by Crippen LogP contribution is 2.19. The standard InChI is InChI=1S/C15H20N4O2/c1-11-2-3-13-12(8-11)17-14(19(13)10-15(20)21)9-18-6-4-16-5-7-18/h2-3,8,16H,4-7,9-10H2,1H3,(H,20,21). The molecule has 0 radical (unpaired) electrons. The van der Waals surface area contributed by atoms with Gasteiger partial charge in [0.1, 0.15) is 12.4 Å². The van der Waals surface area contributed by atoms with E-state index in [1.807, 2.05) is 29.7 Å². The van der Waals surface area contributed by atoms with Gasteiger partial charge in [-0.15, -0.1) is 0 Å². The van der Waals surface area contributed by atoms with E-state index in [2.05, 4.69) is 15.2 Å². The number of aryl methyl sites for hydroxylation is 1. The number of aliphatic carboxylic acids is 1. The zero-order valence-electron chi connectivity index (χ0n) is 12.2. The number of carboxylic acid groups (broad SMARTS) is 1. The Bertz CT molecular complexity index is 659. The Hall–Kier alpha value is -1.92. The molecule has 3 rings (SSSR count). The molecule has 1 aliphatic heterocycles. The van der Waals surface area contributed by atoms with E-state index in [-0.39, 0.29) is 6.54 Å². The Morgan fingerprint density at radius 3 is 2.86 bits per heavy atom. The van der Waals surface area contributed by atoms with Gasteiger partial charge in [-0.25, -0.2) is 4.98 Å². The van der Waals surface area contributed by atoms with E-state index in [0.717, 1.165) is 48.6 Å². The van der Waals surface area contributed by atoms with Crippen LogP contribution in [-0.4, -0.2) is 51.7 Å². The van der Waals surface area contributed by atoms with Crippen LogP contribution < -0.4 is 5.32 Å². The number of nitrogens with zero attached hydrogens (tertiary/aromatic N) is 3. The van der Waals surface area contributed by atoms with Crippen LogP contribution in [0.3, 0.4) is 0 Å². The second-order valence-corrected chi connectivity index (χ2v) is 5.53. The number of aromatic nitrogens is 2. The van der Waals surface area contributed by atoms with Gasteiger partial charge in [-0.3, -0.25) is 9.69 Å². The van der Waals surface area contributed by atoms with Crippen molar-refractivity contribution in [3.8, 4) is 0 Å². The van der Waals surface area contributed by atoms with Crippen molar-refractivity contribution in [2.75, 3.05) is 26.2 Å². The lowest BCUT2D eigenvalue weighted by atomic mass is 10.2. The van der Waals surface area contributed by atoms with Gasteiger partial charge < -0.3 is 15.0 Å². The van der Waals surface area contributed by atoms with Crippen LogP contribution in [0.25, 0.3) is 11.0 Å². The number of hydrogen-bond donors (Lipinski definition) is 2. The largest absolute Gasteiger partial charge is 0.480 e. The van der Waals surface area contributed by atoms with Crippen molar-refractivity contribution < 1.29 is 9.90 Å². The molecular formula is C15H20N4O2. The number of piperazine rings is 1. The third-order valence-corrected chi connectivity index (χ3v) is 3.85. The molecule has 0 aliphatic carbocycles. The highest BCUT2D eigenvalue weighted by Gasteiger charge is 2.17. The molecule has 1 aromatic carbocycles. The number of benzene rings is 1. The van der Waals surface area contributed by atoms with Crippen molar-refractivity contribution in [1.82, 2.24) is 19.8 Å². The van der Waals surface area contributed by atoms with Crippen molar-refractivity contribution in [1.29, 1.82) is 0 Å². The quantitative estimate of drug-likeness (QED) is 0.872. The molecule has 6 nitrogen and oxygen atoms in total. The Balaban J connectivity index is 1.96. The highest BCUT2D eigenvalue weighted by molar-refractivity contribution is 5.79. The molecule has 112 valence electrons. The Morgan fingerprint density at radius 2 is 2.14 bits per heavy atom. The first-order valence-corrected chi connectivity index (χ1v) is 7.24. The zero-order valence-corrected chi connectivity index (χ0v) is 12.2. The van der Waals surface area contributed by atoms with E-state index in [1.165, 1.54) is 0 Å². The summed E-state index contributed by atoms with van der Waals surface area (Å²) in [5.41, 5.74) is 2.91. The van der Waals surface area contributed by atoms with Gasteiger partial charge in [-0.1, -0.05) is 6.07 Å². The minimum Gasteiger partial charge on any atom is -0.480 e. The first-order chi connectivity index (χ1) is 10.1. The number of carboxylic acids is 1. The van der Waals surface area contributed by atoms with E-state index in [1.54, 1.807) is 0 Å². The fourth-order valence-corrected chi connectivity index (χ4v) is 2.79. The maximum Gasteiger partial charge on any atom is 0.323 e. The third kappa shape index (κ3) is 3.06. The predicted octanol–water partition coefficient (Wildman–Crippen LogP) is 0.835. The van der Waals surface area contributed by atoms with Crippen LogP contribution in [0.5, 0.6) is 0 Å². The number of imidazole rings is 1. The number of carbonyl (C=O) groups is 1. The van der Waals surface area contributed by atoms with Crippen molar-refractivity contribution >= 4 is 17.0 Å². The first kappa shape index (κ1) is 14.0. The van der Waals surface area contributed by atoms with Gasteiger partial charge in [-0.05, 0) is 24.6 Å². The molecule has 1 aliphatic rings. The summed E-state index contributed by atoms with van der Waals surface area (Å²) in [6, 6.07) is 5.97. The van der Waals surface area contributed by atoms with Crippen LogP contribution in [0.15, 0.2) is 18.2 Å². The maximum absolute atomic E-state index is 11.1. The first-order valence-electron chi connectivity index (χ1n) is 7.24. The number of nitrogens with one attached hydrogen (secondary N) is 1. The van der Waals surface area contributed by atoms with Crippen molar-refractivity contribution in [3.63, 3.8) is 0 Å². The van der Waals surface area contributed by atoms with Crippen molar-refractivity contribution in [3.05, 3.63) is 29.6 Å². The number of fused-ring (bicyclic) bond motifs is 1. The molecule has 1 saturated heterocycles. The van der Waals surface area contributed by atoms with E-state index < -0.39 is 5.97 Å². The topological polar surface area (TPSA) is 70.4 Å². The summed E-state index contributed by atoms with van der Waals surface area (Å²) < 4.78 is 1.82. The van der Waals surface area contributed by atoms with Gasteiger partial charge in [0.25, 0.3) is 0 Å². The lowest BCUT2D eigenvalue weighted by Crippen LogP contribution is -2.43. The van der Waals surface area contributed by atoms with Crippen LogP contribution >= 0.6 is 0 Å². The van der Waals surface area contributed by atoms with Gasteiger partial charge in [0.2, 0.25) is 0 Å². The maximum atomic E-state index is 11.1. The summed E-state index contributed by atoms with van der Waals surface area (Å²) in [6.07, 6.45) is 0. The molecule has 1 fully saturated rings. The van der Waals surface area contributed by atoms with Crippen LogP contribution in [0.1, 0.15) is 11.4 Å². The van der Waals surface area contributed by atoms with Gasteiger partial charge in [0.05, 0.1) is 17.6 Å². The average molecular weight is 288 g/mol. The third-order valence-electron chi connectivity index (χ3n) is 3.85. The van der Waals surface area contributed by atoms with E-state index >= 15 is 0 Å². The van der Waals surface area contributed by atoms with Gasteiger partial charge in [0, 0.05) is 26.2 Å². The Morgan fingerprint density at radius 1 is 1.38 bits per heavy atom. The van der Waals surface area contributed by atoms with E-state index in [9.17, 15) is 4.79 Å². The van der Waals surface area contributed by atoms with Crippen molar-refractivity contribution in [2.45, 2.75) is 20.0 Å². The monoisotopic (exact) mass is 288 g/mol.